The van der Waals surface area contributed by atoms with Gasteiger partial charge in [0.05, 0.1) is 18.4 Å². The van der Waals surface area contributed by atoms with E-state index in [9.17, 15) is 14.0 Å². The molecule has 0 radical (unpaired) electrons. The normalized spacial score (nSPS) is 10.7. The first-order valence-corrected chi connectivity index (χ1v) is 10.3. The van der Waals surface area contributed by atoms with Crippen LogP contribution < -0.4 is 20.7 Å². The van der Waals surface area contributed by atoms with Crippen LogP contribution in [0.5, 0.6) is 5.75 Å². The molecular weight excluding hydrogens is 419 g/mol. The van der Waals surface area contributed by atoms with Crippen molar-refractivity contribution in [3.63, 3.8) is 0 Å². The quantitative estimate of drug-likeness (QED) is 0.541. The van der Waals surface area contributed by atoms with Gasteiger partial charge in [-0.1, -0.05) is 25.4 Å². The highest BCUT2D eigenvalue weighted by Gasteiger charge is 2.15. The summed E-state index contributed by atoms with van der Waals surface area (Å²) in [4.78, 5) is 26.7. The molecule has 7 nitrogen and oxygen atoms in total. The van der Waals surface area contributed by atoms with Crippen molar-refractivity contribution in [2.45, 2.75) is 13.8 Å². The average Bonchev–Trinajstić information content (AvgIpc) is 3.02. The maximum absolute atomic E-state index is 13.7. The number of likely N-dealkylation sites (N-methyl/N-ethyl adjacent to an activating group) is 1. The summed E-state index contributed by atoms with van der Waals surface area (Å²) in [5.41, 5.74) is 0.739. The minimum Gasteiger partial charge on any atom is -0.496 e. The maximum Gasteiger partial charge on any atom is 0.323 e. The molecule has 29 heavy (non-hydrogen) atoms. The molecule has 0 saturated carbocycles. The third kappa shape index (κ3) is 6.31. The molecule has 0 aliphatic carbocycles. The molecule has 2 aromatic rings. The van der Waals surface area contributed by atoms with Gasteiger partial charge < -0.3 is 25.6 Å². The van der Waals surface area contributed by atoms with E-state index in [4.69, 9.17) is 16.3 Å². The molecule has 0 saturated heterocycles. The number of anilines is 2. The van der Waals surface area contributed by atoms with Crippen LogP contribution in [0.4, 0.5) is 20.6 Å². The van der Waals surface area contributed by atoms with Crippen LogP contribution in [0, 0.1) is 5.82 Å². The number of nitrogens with zero attached hydrogens (tertiary/aromatic N) is 1. The standard InChI is InChI=1S/C19H24ClFN4O3S/c1-4-25(5-2)9-8-22-18(26)13-7-6-12(10-15(13)28-3)23-19(27)24-14-11-29-17(20)16(14)21/h6-7,10-11H,4-5,8-9H2,1-3H3,(H,22,26)(H2,23,24,27). The van der Waals surface area contributed by atoms with Gasteiger partial charge in [-0.3, -0.25) is 4.79 Å². The Hall–Kier alpha value is -2.36. The highest BCUT2D eigenvalue weighted by atomic mass is 35.5. The van der Waals surface area contributed by atoms with Gasteiger partial charge in [-0.05, 0) is 25.2 Å². The third-order valence-electron chi connectivity index (χ3n) is 4.25. The molecule has 1 aromatic heterocycles. The van der Waals surface area contributed by atoms with Gasteiger partial charge in [0.1, 0.15) is 10.1 Å². The Kier molecular flexibility index (Phi) is 8.69. The van der Waals surface area contributed by atoms with Crippen molar-refractivity contribution in [1.82, 2.24) is 10.2 Å². The van der Waals surface area contributed by atoms with E-state index in [0.29, 0.717) is 23.5 Å². The summed E-state index contributed by atoms with van der Waals surface area (Å²) in [5, 5.41) is 9.21. The zero-order valence-electron chi connectivity index (χ0n) is 16.5. The summed E-state index contributed by atoms with van der Waals surface area (Å²) in [7, 11) is 1.44. The van der Waals surface area contributed by atoms with Gasteiger partial charge >= 0.3 is 6.03 Å². The Balaban J connectivity index is 1.99. The van der Waals surface area contributed by atoms with Crippen LogP contribution in [0.2, 0.25) is 4.34 Å². The summed E-state index contributed by atoms with van der Waals surface area (Å²) in [6.07, 6.45) is 0. The number of halogens is 2. The molecule has 1 aromatic carbocycles. The maximum atomic E-state index is 13.7. The van der Waals surface area contributed by atoms with E-state index in [1.165, 1.54) is 18.6 Å². The number of methoxy groups -OCH3 is 1. The van der Waals surface area contributed by atoms with Crippen molar-refractivity contribution in [3.05, 3.63) is 39.3 Å². The van der Waals surface area contributed by atoms with Crippen molar-refractivity contribution in [2.75, 3.05) is 43.9 Å². The van der Waals surface area contributed by atoms with Crippen molar-refractivity contribution in [2.24, 2.45) is 0 Å². The molecule has 0 bridgehead atoms. The number of amides is 3. The first-order chi connectivity index (χ1) is 13.9. The second kappa shape index (κ2) is 11.0. The van der Waals surface area contributed by atoms with Gasteiger partial charge in [0.15, 0.2) is 5.82 Å². The van der Waals surface area contributed by atoms with E-state index in [0.717, 1.165) is 31.0 Å². The summed E-state index contributed by atoms with van der Waals surface area (Å²) in [6.45, 7) is 7.24. The first-order valence-electron chi connectivity index (χ1n) is 9.08. The van der Waals surface area contributed by atoms with Crippen LogP contribution in [0.15, 0.2) is 23.6 Å². The van der Waals surface area contributed by atoms with Crippen LogP contribution in [-0.4, -0.2) is 50.1 Å². The van der Waals surface area contributed by atoms with Crippen LogP contribution in [0.25, 0.3) is 0 Å². The summed E-state index contributed by atoms with van der Waals surface area (Å²) in [6, 6.07) is 4.01. The number of urea groups is 1. The van der Waals surface area contributed by atoms with Crippen LogP contribution in [-0.2, 0) is 0 Å². The molecule has 0 unspecified atom stereocenters. The Morgan fingerprint density at radius 3 is 2.55 bits per heavy atom. The summed E-state index contributed by atoms with van der Waals surface area (Å²) < 4.78 is 18.9. The number of ether oxygens (including phenoxy) is 1. The zero-order valence-corrected chi connectivity index (χ0v) is 18.0. The van der Waals surface area contributed by atoms with Crippen LogP contribution in [0.1, 0.15) is 24.2 Å². The van der Waals surface area contributed by atoms with Gasteiger partial charge in [0, 0.05) is 30.2 Å². The van der Waals surface area contributed by atoms with Gasteiger partial charge in [0.2, 0.25) is 0 Å². The lowest BCUT2D eigenvalue weighted by molar-refractivity contribution is 0.0946. The van der Waals surface area contributed by atoms with E-state index in [2.05, 4.69) is 34.7 Å². The second-order valence-electron chi connectivity index (χ2n) is 6.01. The zero-order chi connectivity index (χ0) is 21.4. The number of rotatable bonds is 9. The van der Waals surface area contributed by atoms with Crippen molar-refractivity contribution in [1.29, 1.82) is 0 Å². The van der Waals surface area contributed by atoms with Crippen LogP contribution >= 0.6 is 22.9 Å². The lowest BCUT2D eigenvalue weighted by Gasteiger charge is -2.18. The molecule has 3 N–H and O–H groups in total. The number of hydrogen-bond acceptors (Lipinski definition) is 5. The Bertz CT molecular complexity index is 858. The molecule has 0 aliphatic heterocycles. The molecule has 0 spiro atoms. The fourth-order valence-corrected chi connectivity index (χ4v) is 3.44. The third-order valence-corrected chi connectivity index (χ3v) is 5.42. The van der Waals surface area contributed by atoms with Crippen LogP contribution in [0.3, 0.4) is 0 Å². The molecule has 3 amide bonds. The largest absolute Gasteiger partial charge is 0.496 e. The smallest absolute Gasteiger partial charge is 0.323 e. The van der Waals surface area contributed by atoms with E-state index in [-0.39, 0.29) is 15.9 Å². The van der Waals surface area contributed by atoms with Crippen molar-refractivity contribution < 1.29 is 18.7 Å². The number of benzene rings is 1. The number of hydrogen-bond donors (Lipinski definition) is 3. The number of nitrogens with one attached hydrogen (secondary N) is 3. The number of carbonyl (C=O) groups is 2. The predicted octanol–water partition coefficient (Wildman–Crippen LogP) is 4.26. The fourth-order valence-electron chi connectivity index (χ4n) is 2.61. The van der Waals surface area contributed by atoms with Gasteiger partial charge in [0.25, 0.3) is 5.91 Å². The molecule has 158 valence electrons. The SMILES string of the molecule is CCN(CC)CCNC(=O)c1ccc(NC(=O)Nc2csc(Cl)c2F)cc1OC. The minimum absolute atomic E-state index is 0.00587. The molecule has 0 atom stereocenters. The van der Waals surface area contributed by atoms with E-state index >= 15 is 0 Å². The van der Waals surface area contributed by atoms with E-state index < -0.39 is 11.8 Å². The second-order valence-corrected chi connectivity index (χ2v) is 7.50. The van der Waals surface area contributed by atoms with Gasteiger partial charge in [-0.15, -0.1) is 11.3 Å². The number of carbonyl (C=O) groups excluding carboxylic acids is 2. The molecule has 10 heteroatoms. The van der Waals surface area contributed by atoms with Crippen molar-refractivity contribution in [3.8, 4) is 5.75 Å². The Morgan fingerprint density at radius 2 is 1.97 bits per heavy atom. The monoisotopic (exact) mass is 442 g/mol. The fraction of sp³-hybridized carbons (Fsp3) is 0.368. The predicted molar refractivity (Wildman–Crippen MR) is 115 cm³/mol. The first kappa shape index (κ1) is 22.9. The molecular formula is C19H24ClFN4O3S. The molecule has 1 heterocycles. The summed E-state index contributed by atoms with van der Waals surface area (Å²) in [5.74, 6) is -0.631. The lowest BCUT2D eigenvalue weighted by atomic mass is 10.1. The average molecular weight is 443 g/mol. The van der Waals surface area contributed by atoms with Gasteiger partial charge in [-0.2, -0.15) is 0 Å². The lowest BCUT2D eigenvalue weighted by Crippen LogP contribution is -2.34. The molecule has 0 aliphatic rings. The number of thiophene rings is 1. The van der Waals surface area contributed by atoms with Gasteiger partial charge in [-0.25, -0.2) is 9.18 Å². The minimum atomic E-state index is -0.680. The van der Waals surface area contributed by atoms with E-state index in [1.54, 1.807) is 12.1 Å². The molecule has 0 fully saturated rings. The Morgan fingerprint density at radius 1 is 1.24 bits per heavy atom. The van der Waals surface area contributed by atoms with Crippen molar-refractivity contribution >= 4 is 46.3 Å². The topological polar surface area (TPSA) is 82.7 Å². The molecule has 2 rings (SSSR count). The highest BCUT2D eigenvalue weighted by molar-refractivity contribution is 7.14. The highest BCUT2D eigenvalue weighted by Crippen LogP contribution is 2.30. The summed E-state index contributed by atoms with van der Waals surface area (Å²) >= 11 is 6.63. The van der Waals surface area contributed by atoms with E-state index in [1.807, 2.05) is 0 Å². The Labute approximate surface area is 178 Å².